The second-order valence-corrected chi connectivity index (χ2v) is 2.23. The van der Waals surface area contributed by atoms with Crippen molar-refractivity contribution < 1.29 is 19.0 Å². The molecule has 1 rings (SSSR count). The number of carbonyl (C=O) groups is 2. The molecule has 0 amide bonds. The van der Waals surface area contributed by atoms with Gasteiger partial charge in [-0.15, -0.1) is 0 Å². The molecule has 0 N–H and O–H groups in total. The Hall–Kier alpha value is -0.835. The average Bonchev–Trinajstić information content (AvgIpc) is 2.04. The average molecular weight is 155 g/mol. The lowest BCUT2D eigenvalue weighted by atomic mass is 9.92. The summed E-state index contributed by atoms with van der Waals surface area (Å²) >= 11 is 0. The van der Waals surface area contributed by atoms with Crippen molar-refractivity contribution in [1.82, 2.24) is 0 Å². The summed E-state index contributed by atoms with van der Waals surface area (Å²) in [7, 11) is 1.34. The molecule has 0 atom stereocenters. The van der Waals surface area contributed by atoms with Gasteiger partial charge in [0.05, 0.1) is 0 Å². The zero-order chi connectivity index (χ0) is 8.10. The van der Waals surface area contributed by atoms with E-state index in [0.717, 1.165) is 0 Å². The van der Waals surface area contributed by atoms with Gasteiger partial charge in [0.1, 0.15) is 13.2 Å². The van der Waals surface area contributed by atoms with Crippen LogP contribution in [-0.4, -0.2) is 32.4 Å². The molecule has 1 radical (unpaired) electrons. The Kier molecular flexibility index (Phi) is 3.10. The van der Waals surface area contributed by atoms with E-state index >= 15 is 0 Å². The number of ether oxygens (including phenoxy) is 1. The Morgan fingerprint density at radius 3 is 2.91 bits per heavy atom. The maximum atomic E-state index is 10.8. The minimum absolute atomic E-state index is 0.000417. The van der Waals surface area contributed by atoms with Crippen LogP contribution in [0, 0.1) is 0 Å². The Morgan fingerprint density at radius 2 is 2.09 bits per heavy atom. The topological polar surface area (TPSA) is 52.6 Å². The first kappa shape index (κ1) is 8.26. The first-order valence-electron chi connectivity index (χ1n) is 3.39. The molecule has 0 spiro atoms. The molecule has 0 aromatic heterocycles. The summed E-state index contributed by atoms with van der Waals surface area (Å²) in [6.45, 7) is -0.120. The lowest BCUT2D eigenvalue weighted by molar-refractivity contribution is -0.140. The predicted molar refractivity (Wildman–Crippen MR) is 37.1 cm³/mol. The van der Waals surface area contributed by atoms with Gasteiger partial charge in [-0.2, -0.15) is 0 Å². The Balaban J connectivity index is 2.35. The normalized spacial score (nSPS) is 20.7. The minimum Gasteiger partial charge on any atom is -0.537 e. The highest BCUT2D eigenvalue weighted by Crippen LogP contribution is 1.96. The fourth-order valence-electron chi connectivity index (χ4n) is 0.726. The van der Waals surface area contributed by atoms with Gasteiger partial charge in [-0.25, -0.2) is 0 Å². The van der Waals surface area contributed by atoms with Gasteiger partial charge in [0.15, 0.2) is 5.78 Å². The largest absolute Gasteiger partial charge is 0.537 e. The number of ketones is 1. The number of hydrogen-bond donors (Lipinski definition) is 0. The standard InChI is InChI=1S/C6H8BO4/c8-5-1-2-7-11-6(9)4-10-3-5/h1-4H2. The molecular weight excluding hydrogens is 147 g/mol. The third-order valence-corrected chi connectivity index (χ3v) is 1.24. The molecule has 0 aromatic rings. The molecule has 1 aliphatic rings. The molecule has 0 unspecified atom stereocenters. The van der Waals surface area contributed by atoms with Gasteiger partial charge >= 0.3 is 13.5 Å². The van der Waals surface area contributed by atoms with Crippen LogP contribution in [0.1, 0.15) is 6.42 Å². The summed E-state index contributed by atoms with van der Waals surface area (Å²) < 4.78 is 9.30. The van der Waals surface area contributed by atoms with Gasteiger partial charge in [0.25, 0.3) is 0 Å². The van der Waals surface area contributed by atoms with E-state index < -0.39 is 5.97 Å². The van der Waals surface area contributed by atoms with E-state index in [1.165, 1.54) is 7.48 Å². The molecule has 59 valence electrons. The first-order valence-corrected chi connectivity index (χ1v) is 3.39. The van der Waals surface area contributed by atoms with Crippen molar-refractivity contribution in [1.29, 1.82) is 0 Å². The zero-order valence-corrected chi connectivity index (χ0v) is 6.04. The van der Waals surface area contributed by atoms with Gasteiger partial charge < -0.3 is 9.39 Å². The highest BCUT2D eigenvalue weighted by atomic mass is 16.5. The number of Topliss-reactive ketones (excluding diaryl/α,β-unsaturated/α-hetero) is 1. The van der Waals surface area contributed by atoms with Crippen molar-refractivity contribution in [2.45, 2.75) is 12.7 Å². The number of carbonyl (C=O) groups excluding carboxylic acids is 2. The Morgan fingerprint density at radius 1 is 1.27 bits per heavy atom. The van der Waals surface area contributed by atoms with Gasteiger partial charge in [-0.05, 0) is 6.32 Å². The summed E-state index contributed by atoms with van der Waals surface area (Å²) in [5, 5.41) is 0. The van der Waals surface area contributed by atoms with Crippen molar-refractivity contribution in [3.05, 3.63) is 0 Å². The van der Waals surface area contributed by atoms with E-state index in [0.29, 0.717) is 12.7 Å². The monoisotopic (exact) mass is 155 g/mol. The molecule has 0 bridgehead atoms. The van der Waals surface area contributed by atoms with Gasteiger partial charge in [0.2, 0.25) is 0 Å². The van der Waals surface area contributed by atoms with Crippen molar-refractivity contribution in [3.63, 3.8) is 0 Å². The quantitative estimate of drug-likeness (QED) is 0.444. The van der Waals surface area contributed by atoms with Crippen molar-refractivity contribution >= 4 is 19.2 Å². The summed E-state index contributed by atoms with van der Waals surface area (Å²) in [6, 6.07) is 0. The molecule has 1 saturated heterocycles. The van der Waals surface area contributed by atoms with Crippen LogP contribution in [0.15, 0.2) is 0 Å². The van der Waals surface area contributed by atoms with Crippen molar-refractivity contribution in [2.75, 3.05) is 13.2 Å². The van der Waals surface area contributed by atoms with Gasteiger partial charge in [0, 0.05) is 6.42 Å². The molecule has 0 saturated carbocycles. The van der Waals surface area contributed by atoms with Gasteiger partial charge in [-0.3, -0.25) is 9.59 Å². The van der Waals surface area contributed by atoms with Crippen LogP contribution in [-0.2, 0) is 19.0 Å². The maximum Gasteiger partial charge on any atom is 0.374 e. The zero-order valence-electron chi connectivity index (χ0n) is 6.04. The molecular formula is C6H8BO4. The summed E-state index contributed by atoms with van der Waals surface area (Å²) in [5.74, 6) is -0.445. The predicted octanol–water partition coefficient (Wildman–Crippen LogP) is -0.444. The third kappa shape index (κ3) is 3.18. The fourth-order valence-corrected chi connectivity index (χ4v) is 0.726. The fraction of sp³-hybridized carbons (Fsp3) is 0.667. The number of hydrogen-bond acceptors (Lipinski definition) is 4. The molecule has 11 heavy (non-hydrogen) atoms. The van der Waals surface area contributed by atoms with Crippen molar-refractivity contribution in [3.8, 4) is 0 Å². The van der Waals surface area contributed by atoms with Crippen LogP contribution in [0.4, 0.5) is 0 Å². The van der Waals surface area contributed by atoms with E-state index in [2.05, 4.69) is 4.65 Å². The molecule has 5 heteroatoms. The Bertz CT molecular complexity index is 150. The van der Waals surface area contributed by atoms with Gasteiger partial charge in [-0.1, -0.05) is 0 Å². The van der Waals surface area contributed by atoms with E-state index in [1.54, 1.807) is 0 Å². The highest BCUT2D eigenvalue weighted by molar-refractivity contribution is 6.31. The van der Waals surface area contributed by atoms with Crippen LogP contribution in [0.25, 0.3) is 0 Å². The summed E-state index contributed by atoms with van der Waals surface area (Å²) in [5.41, 5.74) is 0. The SMILES string of the molecule is O=C1CC[B]OC(=O)COC1. The van der Waals surface area contributed by atoms with Crippen molar-refractivity contribution in [2.24, 2.45) is 0 Å². The second kappa shape index (κ2) is 4.13. The summed E-state index contributed by atoms with van der Waals surface area (Å²) in [4.78, 5) is 21.4. The second-order valence-electron chi connectivity index (χ2n) is 2.23. The molecule has 0 aromatic carbocycles. The van der Waals surface area contributed by atoms with E-state index in [9.17, 15) is 9.59 Å². The maximum absolute atomic E-state index is 10.8. The van der Waals surface area contributed by atoms with Crippen LogP contribution in [0.3, 0.4) is 0 Å². The Labute approximate surface area is 65.1 Å². The molecule has 0 aliphatic carbocycles. The molecule has 1 aliphatic heterocycles. The number of rotatable bonds is 0. The summed E-state index contributed by atoms with van der Waals surface area (Å²) in [6.07, 6.45) is 0.862. The molecule has 1 heterocycles. The lowest BCUT2D eigenvalue weighted by Crippen LogP contribution is -2.14. The lowest BCUT2D eigenvalue weighted by Gasteiger charge is -1.98. The molecule has 4 nitrogen and oxygen atoms in total. The minimum atomic E-state index is -0.445. The van der Waals surface area contributed by atoms with Crippen LogP contribution < -0.4 is 0 Å². The smallest absolute Gasteiger partial charge is 0.374 e. The van der Waals surface area contributed by atoms with E-state index in [4.69, 9.17) is 4.74 Å². The van der Waals surface area contributed by atoms with Crippen LogP contribution >= 0.6 is 0 Å². The van der Waals surface area contributed by atoms with E-state index in [-0.39, 0.29) is 19.0 Å². The first-order chi connectivity index (χ1) is 5.29. The highest BCUT2D eigenvalue weighted by Gasteiger charge is 2.11. The van der Waals surface area contributed by atoms with Crippen LogP contribution in [0.2, 0.25) is 6.32 Å². The van der Waals surface area contributed by atoms with E-state index in [1.807, 2.05) is 0 Å². The molecule has 1 fully saturated rings. The van der Waals surface area contributed by atoms with Crippen LogP contribution in [0.5, 0.6) is 0 Å². The third-order valence-electron chi connectivity index (χ3n) is 1.24.